The van der Waals surface area contributed by atoms with Gasteiger partial charge < -0.3 is 20.1 Å². The largest absolute Gasteiger partial charge is 0.472 e. The van der Waals surface area contributed by atoms with Crippen molar-refractivity contribution in [3.8, 4) is 0 Å². The van der Waals surface area contributed by atoms with E-state index in [2.05, 4.69) is 104 Å². The molecule has 0 saturated carbocycles. The van der Waals surface area contributed by atoms with Gasteiger partial charge in [0, 0.05) is 19.4 Å². The molecule has 0 aliphatic heterocycles. The van der Waals surface area contributed by atoms with Crippen LogP contribution in [0.2, 0.25) is 0 Å². The molecule has 1 amide bonds. The van der Waals surface area contributed by atoms with Crippen LogP contribution < -0.4 is 5.32 Å². The number of allylic oxidation sites excluding steroid dienone is 14. The number of unbranched alkanes of at least 4 members (excludes halogenated alkanes) is 17. The Morgan fingerprint density at radius 2 is 0.934 bits per heavy atom. The lowest BCUT2D eigenvalue weighted by Crippen LogP contribution is -2.27. The first-order valence-electron chi connectivity index (χ1n) is 24.1. The number of phosphoric acid groups is 1. The number of phosphoric ester groups is 1. The van der Waals surface area contributed by atoms with E-state index < -0.39 is 26.5 Å². The Morgan fingerprint density at radius 3 is 1.41 bits per heavy atom. The number of ether oxygens (including phenoxy) is 1. The van der Waals surface area contributed by atoms with Crippen LogP contribution in [0.1, 0.15) is 194 Å². The van der Waals surface area contributed by atoms with Gasteiger partial charge in [0.2, 0.25) is 5.91 Å². The predicted octanol–water partition coefficient (Wildman–Crippen LogP) is 14.0. The van der Waals surface area contributed by atoms with Gasteiger partial charge in [-0.1, -0.05) is 176 Å². The maximum absolute atomic E-state index is 12.1. The number of amides is 1. The minimum atomic E-state index is -4.43. The van der Waals surface area contributed by atoms with Gasteiger partial charge in [-0.25, -0.2) is 4.57 Å². The van der Waals surface area contributed by atoms with Crippen molar-refractivity contribution in [3.05, 3.63) is 85.1 Å². The summed E-state index contributed by atoms with van der Waals surface area (Å²) in [5.74, 6) is -0.541. The van der Waals surface area contributed by atoms with Crippen molar-refractivity contribution in [2.45, 2.75) is 200 Å². The highest BCUT2D eigenvalue weighted by atomic mass is 31.2. The monoisotopic (exact) mass is 874 g/mol. The van der Waals surface area contributed by atoms with E-state index in [9.17, 15) is 24.2 Å². The second-order valence-electron chi connectivity index (χ2n) is 15.7. The molecule has 61 heavy (non-hydrogen) atoms. The summed E-state index contributed by atoms with van der Waals surface area (Å²) < 4.78 is 26.9. The topological polar surface area (TPSA) is 131 Å². The van der Waals surface area contributed by atoms with Crippen LogP contribution in [-0.4, -0.2) is 54.3 Å². The zero-order chi connectivity index (χ0) is 44.6. The highest BCUT2D eigenvalue weighted by Gasteiger charge is 2.23. The Kier molecular flexibility index (Phi) is 44.5. The third-order valence-electron chi connectivity index (χ3n) is 9.81. The lowest BCUT2D eigenvalue weighted by Gasteiger charge is -2.15. The van der Waals surface area contributed by atoms with Gasteiger partial charge in [-0.15, -0.1) is 0 Å². The second kappa shape index (κ2) is 46.7. The van der Waals surface area contributed by atoms with Crippen LogP contribution in [0.4, 0.5) is 0 Å². The van der Waals surface area contributed by atoms with Crippen LogP contribution in [0.3, 0.4) is 0 Å². The van der Waals surface area contributed by atoms with Crippen LogP contribution in [0.15, 0.2) is 85.1 Å². The van der Waals surface area contributed by atoms with Gasteiger partial charge in [-0.05, 0) is 89.9 Å². The van der Waals surface area contributed by atoms with Gasteiger partial charge in [0.1, 0.15) is 12.7 Å². The van der Waals surface area contributed by atoms with Crippen LogP contribution in [0, 0.1) is 0 Å². The summed E-state index contributed by atoms with van der Waals surface area (Å²) in [6.07, 6.45) is 59.4. The molecular weight excluding hydrogens is 786 g/mol. The summed E-state index contributed by atoms with van der Waals surface area (Å²) in [6.45, 7) is 3.38. The average molecular weight is 874 g/mol. The molecule has 0 fully saturated rings. The zero-order valence-electron chi connectivity index (χ0n) is 38.6. The average Bonchev–Trinajstić information content (AvgIpc) is 3.25. The Labute approximate surface area is 373 Å². The summed E-state index contributed by atoms with van der Waals surface area (Å²) in [5, 5.41) is 12.7. The molecular formula is C51H88NO8P. The molecule has 9 nitrogen and oxygen atoms in total. The third kappa shape index (κ3) is 48.1. The molecule has 3 N–H and O–H groups in total. The fourth-order valence-electron chi connectivity index (χ4n) is 6.20. The molecule has 0 aliphatic carbocycles. The SMILES string of the molecule is CC/C=C\C/C=C\C/C=C\CCCCCCCCCC(=O)OCC(O)COP(=O)(O)OCCNC(=O)CCCCCCCCC/C=C\C/C=C\C/C=C\C/C=C\CCCCC. The van der Waals surface area contributed by atoms with E-state index in [0.29, 0.717) is 6.42 Å². The van der Waals surface area contributed by atoms with Crippen molar-refractivity contribution in [2.24, 2.45) is 0 Å². The van der Waals surface area contributed by atoms with E-state index in [4.69, 9.17) is 13.8 Å². The number of esters is 1. The van der Waals surface area contributed by atoms with Crippen molar-refractivity contribution in [1.82, 2.24) is 5.32 Å². The Hall–Kier alpha value is -2.81. The smallest absolute Gasteiger partial charge is 0.463 e. The van der Waals surface area contributed by atoms with Gasteiger partial charge in [0.25, 0.3) is 0 Å². The minimum absolute atomic E-state index is 0.0695. The summed E-state index contributed by atoms with van der Waals surface area (Å²) in [5.41, 5.74) is 0. The number of aliphatic hydroxyl groups is 1. The number of carbonyl (C=O) groups excluding carboxylic acids is 2. The first-order chi connectivity index (χ1) is 29.8. The summed E-state index contributed by atoms with van der Waals surface area (Å²) in [4.78, 5) is 34.0. The molecule has 0 aromatic rings. The van der Waals surface area contributed by atoms with E-state index in [-0.39, 0.29) is 32.1 Å². The molecule has 0 radical (unpaired) electrons. The molecule has 0 spiro atoms. The molecule has 0 aromatic carbocycles. The summed E-state index contributed by atoms with van der Waals surface area (Å²) in [7, 11) is -4.43. The van der Waals surface area contributed by atoms with Crippen LogP contribution in [0.5, 0.6) is 0 Å². The first kappa shape index (κ1) is 58.2. The molecule has 0 aliphatic rings. The van der Waals surface area contributed by atoms with Crippen LogP contribution in [-0.2, 0) is 27.9 Å². The van der Waals surface area contributed by atoms with Gasteiger partial charge in [0.15, 0.2) is 0 Å². The number of carbonyl (C=O) groups is 2. The fraction of sp³-hybridized carbons (Fsp3) is 0.686. The van der Waals surface area contributed by atoms with Gasteiger partial charge >= 0.3 is 13.8 Å². The lowest BCUT2D eigenvalue weighted by atomic mass is 10.1. The van der Waals surface area contributed by atoms with Crippen molar-refractivity contribution in [3.63, 3.8) is 0 Å². The van der Waals surface area contributed by atoms with Gasteiger partial charge in [0.05, 0.1) is 13.2 Å². The highest BCUT2D eigenvalue weighted by Crippen LogP contribution is 2.42. The Morgan fingerprint density at radius 1 is 0.525 bits per heavy atom. The molecule has 10 heteroatoms. The fourth-order valence-corrected chi connectivity index (χ4v) is 6.96. The van der Waals surface area contributed by atoms with E-state index in [0.717, 1.165) is 96.3 Å². The number of aliphatic hydroxyl groups excluding tert-OH is 1. The molecule has 2 unspecified atom stereocenters. The zero-order valence-corrected chi connectivity index (χ0v) is 39.5. The van der Waals surface area contributed by atoms with Crippen molar-refractivity contribution < 1.29 is 37.9 Å². The van der Waals surface area contributed by atoms with E-state index in [1.807, 2.05) is 0 Å². The standard InChI is InChI=1S/C51H88NO8P/c1-3-5-7-9-11-13-15-17-19-21-22-23-24-25-26-28-29-31-33-35-37-39-41-43-50(54)52-45-46-59-61(56,57)60-48-49(53)47-58-51(55)44-42-40-38-36-34-32-30-27-20-18-16-14-12-10-8-6-4-2/h6,8,11-14,17-20,22-23,25-26,49,53H,3-5,7,9-10,15-16,21,24,27-48H2,1-2H3,(H,52,54)(H,56,57)/b8-6-,13-11-,14-12-,19-17-,20-18-,23-22-,26-25-. The molecule has 0 aromatic heterocycles. The predicted molar refractivity (Wildman–Crippen MR) is 256 cm³/mol. The highest BCUT2D eigenvalue weighted by molar-refractivity contribution is 7.47. The van der Waals surface area contributed by atoms with Crippen molar-refractivity contribution >= 4 is 19.7 Å². The normalized spacial score (nSPS) is 14.0. The van der Waals surface area contributed by atoms with Crippen LogP contribution in [0.25, 0.3) is 0 Å². The first-order valence-corrected chi connectivity index (χ1v) is 25.6. The number of rotatable bonds is 44. The summed E-state index contributed by atoms with van der Waals surface area (Å²) >= 11 is 0. The van der Waals surface area contributed by atoms with Crippen molar-refractivity contribution in [1.29, 1.82) is 0 Å². The van der Waals surface area contributed by atoms with Crippen molar-refractivity contribution in [2.75, 3.05) is 26.4 Å². The minimum Gasteiger partial charge on any atom is -0.463 e. The lowest BCUT2D eigenvalue weighted by molar-refractivity contribution is -0.147. The van der Waals surface area contributed by atoms with E-state index in [1.54, 1.807) is 0 Å². The summed E-state index contributed by atoms with van der Waals surface area (Å²) in [6, 6.07) is 0. The molecule has 2 atom stereocenters. The molecule has 0 bridgehead atoms. The number of hydrogen-bond acceptors (Lipinski definition) is 7. The second-order valence-corrected chi connectivity index (χ2v) is 17.1. The third-order valence-corrected chi connectivity index (χ3v) is 10.8. The van der Waals surface area contributed by atoms with E-state index >= 15 is 0 Å². The Balaban J connectivity index is 3.63. The maximum atomic E-state index is 12.1. The number of hydrogen-bond donors (Lipinski definition) is 3. The molecule has 350 valence electrons. The maximum Gasteiger partial charge on any atom is 0.472 e. The quantitative estimate of drug-likeness (QED) is 0.0239. The number of nitrogens with one attached hydrogen (secondary N) is 1. The van der Waals surface area contributed by atoms with E-state index in [1.165, 1.54) is 70.6 Å². The molecule has 0 saturated heterocycles. The molecule has 0 heterocycles. The van der Waals surface area contributed by atoms with Crippen LogP contribution >= 0.6 is 7.82 Å². The van der Waals surface area contributed by atoms with Gasteiger partial charge in [-0.2, -0.15) is 0 Å². The Bertz CT molecular complexity index is 1270. The van der Waals surface area contributed by atoms with Gasteiger partial charge in [-0.3, -0.25) is 18.6 Å². The molecule has 0 rings (SSSR count).